The fourth-order valence-electron chi connectivity index (χ4n) is 2.35. The van der Waals surface area contributed by atoms with Gasteiger partial charge in [0.05, 0.1) is 0 Å². The van der Waals surface area contributed by atoms with Gasteiger partial charge in [-0.1, -0.05) is 49.5 Å². The van der Waals surface area contributed by atoms with Gasteiger partial charge in [0.2, 0.25) is 5.91 Å². The molecular formula is C17H23ClN4OS. The highest BCUT2D eigenvalue weighted by Crippen LogP contribution is 2.26. The molecule has 0 saturated heterocycles. The average molecular weight is 367 g/mol. The molecule has 0 radical (unpaired) electrons. The van der Waals surface area contributed by atoms with E-state index < -0.39 is 0 Å². The van der Waals surface area contributed by atoms with Crippen molar-refractivity contribution in [2.45, 2.75) is 50.7 Å². The van der Waals surface area contributed by atoms with Crippen LogP contribution in [-0.2, 0) is 11.3 Å². The highest BCUT2D eigenvalue weighted by atomic mass is 35.5. The first-order chi connectivity index (χ1) is 11.6. The smallest absolute Gasteiger partial charge is 0.218 e. The fourth-order valence-corrected chi connectivity index (χ4v) is 3.39. The molecule has 0 aliphatic carbocycles. The van der Waals surface area contributed by atoms with E-state index in [9.17, 15) is 4.79 Å². The summed E-state index contributed by atoms with van der Waals surface area (Å²) in [5, 5.41) is 10.2. The quantitative estimate of drug-likeness (QED) is 0.506. The van der Waals surface area contributed by atoms with E-state index in [4.69, 9.17) is 17.3 Å². The van der Waals surface area contributed by atoms with Crippen molar-refractivity contribution < 1.29 is 4.79 Å². The SMILES string of the molecule is CCCCCCn1c(SCCC(N)=O)nnc1-c1ccc(Cl)cc1. The third-order valence-electron chi connectivity index (χ3n) is 3.63. The fraction of sp³-hybridized carbons (Fsp3) is 0.471. The van der Waals surface area contributed by atoms with Gasteiger partial charge < -0.3 is 10.3 Å². The van der Waals surface area contributed by atoms with E-state index in [1.807, 2.05) is 24.3 Å². The average Bonchev–Trinajstić information content (AvgIpc) is 2.95. The lowest BCUT2D eigenvalue weighted by molar-refractivity contribution is -0.117. The maximum Gasteiger partial charge on any atom is 0.218 e. The molecule has 7 heteroatoms. The summed E-state index contributed by atoms with van der Waals surface area (Å²) in [5.74, 6) is 1.16. The van der Waals surface area contributed by atoms with Crippen LogP contribution < -0.4 is 5.73 Å². The topological polar surface area (TPSA) is 73.8 Å². The van der Waals surface area contributed by atoms with Gasteiger partial charge >= 0.3 is 0 Å². The number of carbonyl (C=O) groups excluding carboxylic acids is 1. The summed E-state index contributed by atoms with van der Waals surface area (Å²) < 4.78 is 2.13. The standard InChI is InChI=1S/C17H23ClN4OS/c1-2-3-4-5-11-22-16(13-6-8-14(18)9-7-13)20-21-17(22)24-12-10-15(19)23/h6-9H,2-5,10-12H2,1H3,(H2,19,23). The van der Waals surface area contributed by atoms with E-state index >= 15 is 0 Å². The van der Waals surface area contributed by atoms with Crippen molar-refractivity contribution >= 4 is 29.3 Å². The van der Waals surface area contributed by atoms with E-state index in [0.717, 1.165) is 29.5 Å². The Morgan fingerprint density at radius 3 is 2.62 bits per heavy atom. The van der Waals surface area contributed by atoms with Gasteiger partial charge in [0, 0.05) is 29.3 Å². The first-order valence-corrected chi connectivity index (χ1v) is 9.58. The van der Waals surface area contributed by atoms with Crippen molar-refractivity contribution in [3.8, 4) is 11.4 Å². The van der Waals surface area contributed by atoms with Gasteiger partial charge in [-0.05, 0) is 30.7 Å². The minimum absolute atomic E-state index is 0.297. The summed E-state index contributed by atoms with van der Waals surface area (Å²) in [6.07, 6.45) is 5.02. The molecule has 1 aromatic carbocycles. The molecule has 0 bridgehead atoms. The normalized spacial score (nSPS) is 10.9. The number of primary amides is 1. The molecule has 2 N–H and O–H groups in total. The van der Waals surface area contributed by atoms with Crippen LogP contribution in [0.3, 0.4) is 0 Å². The molecule has 5 nitrogen and oxygen atoms in total. The molecule has 0 aliphatic heterocycles. The molecule has 130 valence electrons. The van der Waals surface area contributed by atoms with Gasteiger partial charge in [-0.25, -0.2) is 0 Å². The van der Waals surface area contributed by atoms with Crippen molar-refractivity contribution in [2.24, 2.45) is 5.73 Å². The first kappa shape index (κ1) is 18.8. The number of hydrogen-bond acceptors (Lipinski definition) is 4. The van der Waals surface area contributed by atoms with Crippen LogP contribution in [0.25, 0.3) is 11.4 Å². The zero-order valence-corrected chi connectivity index (χ0v) is 15.4. The zero-order chi connectivity index (χ0) is 17.4. The molecule has 0 unspecified atom stereocenters. The predicted molar refractivity (Wildman–Crippen MR) is 99.1 cm³/mol. The Hall–Kier alpha value is -1.53. The van der Waals surface area contributed by atoms with Crippen LogP contribution in [0.2, 0.25) is 5.02 Å². The summed E-state index contributed by atoms with van der Waals surface area (Å²) in [6.45, 7) is 3.06. The maximum atomic E-state index is 10.9. The lowest BCUT2D eigenvalue weighted by Gasteiger charge is -2.10. The molecule has 1 heterocycles. The Labute approximate surface area is 152 Å². The van der Waals surface area contributed by atoms with E-state index in [-0.39, 0.29) is 5.91 Å². The number of amides is 1. The van der Waals surface area contributed by atoms with Gasteiger partial charge in [-0.3, -0.25) is 4.79 Å². The number of unbranched alkanes of at least 4 members (excludes halogenated alkanes) is 3. The minimum atomic E-state index is -0.297. The molecule has 1 aromatic heterocycles. The Morgan fingerprint density at radius 2 is 1.96 bits per heavy atom. The Kier molecular flexibility index (Phi) is 7.59. The molecule has 2 rings (SSSR count). The van der Waals surface area contributed by atoms with Crippen LogP contribution in [0, 0.1) is 0 Å². The van der Waals surface area contributed by atoms with Crippen LogP contribution in [0.15, 0.2) is 29.4 Å². The van der Waals surface area contributed by atoms with Crippen LogP contribution in [0.5, 0.6) is 0 Å². The van der Waals surface area contributed by atoms with Crippen molar-refractivity contribution in [1.29, 1.82) is 0 Å². The number of nitrogens with two attached hydrogens (primary N) is 1. The first-order valence-electron chi connectivity index (χ1n) is 8.22. The van der Waals surface area contributed by atoms with Crippen molar-refractivity contribution in [3.63, 3.8) is 0 Å². The van der Waals surface area contributed by atoms with E-state index in [1.165, 1.54) is 31.0 Å². The number of rotatable bonds is 10. The molecule has 0 aliphatic rings. The third-order valence-corrected chi connectivity index (χ3v) is 4.85. The monoisotopic (exact) mass is 366 g/mol. The molecule has 0 spiro atoms. The van der Waals surface area contributed by atoms with Crippen molar-refractivity contribution in [1.82, 2.24) is 14.8 Å². The lowest BCUT2D eigenvalue weighted by Crippen LogP contribution is -2.11. The molecule has 2 aromatic rings. The number of nitrogens with zero attached hydrogens (tertiary/aromatic N) is 3. The largest absolute Gasteiger partial charge is 0.370 e. The maximum absolute atomic E-state index is 10.9. The third kappa shape index (κ3) is 5.53. The summed E-state index contributed by atoms with van der Waals surface area (Å²) in [7, 11) is 0. The Balaban J connectivity index is 2.16. The number of carbonyl (C=O) groups is 1. The highest BCUT2D eigenvalue weighted by Gasteiger charge is 2.14. The minimum Gasteiger partial charge on any atom is -0.370 e. The molecule has 1 amide bonds. The molecule has 0 saturated carbocycles. The van der Waals surface area contributed by atoms with Crippen LogP contribution in [0.4, 0.5) is 0 Å². The second kappa shape index (κ2) is 9.69. The zero-order valence-electron chi connectivity index (χ0n) is 13.9. The van der Waals surface area contributed by atoms with Gasteiger partial charge in [-0.15, -0.1) is 10.2 Å². The van der Waals surface area contributed by atoms with Crippen LogP contribution in [0.1, 0.15) is 39.0 Å². The number of benzene rings is 1. The van der Waals surface area contributed by atoms with Crippen molar-refractivity contribution in [2.75, 3.05) is 5.75 Å². The Morgan fingerprint density at radius 1 is 1.21 bits per heavy atom. The summed E-state index contributed by atoms with van der Waals surface area (Å²) in [5.41, 5.74) is 6.20. The van der Waals surface area contributed by atoms with Gasteiger partial charge in [-0.2, -0.15) is 0 Å². The number of thioether (sulfide) groups is 1. The molecule has 0 atom stereocenters. The van der Waals surface area contributed by atoms with Crippen molar-refractivity contribution in [3.05, 3.63) is 29.3 Å². The number of halogens is 1. The van der Waals surface area contributed by atoms with Gasteiger partial charge in [0.25, 0.3) is 0 Å². The summed E-state index contributed by atoms with van der Waals surface area (Å²) in [6, 6.07) is 7.61. The summed E-state index contributed by atoms with van der Waals surface area (Å²) in [4.78, 5) is 10.9. The second-order valence-electron chi connectivity index (χ2n) is 5.59. The molecular weight excluding hydrogens is 344 g/mol. The molecule has 24 heavy (non-hydrogen) atoms. The highest BCUT2D eigenvalue weighted by molar-refractivity contribution is 7.99. The summed E-state index contributed by atoms with van der Waals surface area (Å²) >= 11 is 7.49. The van der Waals surface area contributed by atoms with E-state index in [1.54, 1.807) is 0 Å². The number of hydrogen-bond donors (Lipinski definition) is 1. The van der Waals surface area contributed by atoms with E-state index in [2.05, 4.69) is 21.7 Å². The molecule has 0 fully saturated rings. The van der Waals surface area contributed by atoms with E-state index in [0.29, 0.717) is 17.2 Å². The van der Waals surface area contributed by atoms with Gasteiger partial charge in [0.15, 0.2) is 11.0 Å². The van der Waals surface area contributed by atoms with Crippen LogP contribution >= 0.6 is 23.4 Å². The van der Waals surface area contributed by atoms with Gasteiger partial charge in [0.1, 0.15) is 0 Å². The predicted octanol–water partition coefficient (Wildman–Crippen LogP) is 4.15. The lowest BCUT2D eigenvalue weighted by atomic mass is 10.2. The van der Waals surface area contributed by atoms with Crippen LogP contribution in [-0.4, -0.2) is 26.4 Å². The second-order valence-corrected chi connectivity index (χ2v) is 7.09. The number of aromatic nitrogens is 3. The Bertz CT molecular complexity index is 657.